The van der Waals surface area contributed by atoms with E-state index in [2.05, 4.69) is 15.9 Å². The molecule has 0 saturated heterocycles. The third kappa shape index (κ3) is 2.35. The summed E-state index contributed by atoms with van der Waals surface area (Å²) in [7, 11) is 0. The fourth-order valence-corrected chi connectivity index (χ4v) is 1.32. The molecule has 13 heavy (non-hydrogen) atoms. The standard InChI is InChI=1S/C8H6BrNO3/c9-7-2-1-6(3-4-11)8(5-7)10(12)13/h1-2,4-5H,3H2. The molecule has 0 unspecified atom stereocenters. The van der Waals surface area contributed by atoms with E-state index in [1.165, 1.54) is 6.07 Å². The third-order valence-electron chi connectivity index (χ3n) is 1.55. The van der Waals surface area contributed by atoms with Crippen LogP contribution in [0.4, 0.5) is 5.69 Å². The molecule has 1 rings (SSSR count). The summed E-state index contributed by atoms with van der Waals surface area (Å²) in [6, 6.07) is 4.63. The van der Waals surface area contributed by atoms with Gasteiger partial charge in [-0.15, -0.1) is 0 Å². The molecule has 1 aromatic carbocycles. The molecule has 0 amide bonds. The summed E-state index contributed by atoms with van der Waals surface area (Å²) < 4.78 is 0.633. The first-order valence-electron chi connectivity index (χ1n) is 3.51. The molecule has 0 aromatic heterocycles. The third-order valence-corrected chi connectivity index (χ3v) is 2.04. The summed E-state index contributed by atoms with van der Waals surface area (Å²) in [5.41, 5.74) is 0.407. The Morgan fingerprint density at radius 1 is 1.54 bits per heavy atom. The SMILES string of the molecule is O=CCc1ccc(Br)cc1[N+](=O)[O-]. The van der Waals surface area contributed by atoms with Crippen molar-refractivity contribution in [1.29, 1.82) is 0 Å². The van der Waals surface area contributed by atoms with Gasteiger partial charge in [-0.2, -0.15) is 0 Å². The summed E-state index contributed by atoms with van der Waals surface area (Å²) in [4.78, 5) is 20.2. The predicted molar refractivity (Wildman–Crippen MR) is 50.6 cm³/mol. The van der Waals surface area contributed by atoms with Gasteiger partial charge in [-0.25, -0.2) is 0 Å². The molecule has 68 valence electrons. The number of nitrogens with zero attached hydrogens (tertiary/aromatic N) is 1. The first-order chi connectivity index (χ1) is 6.15. The Morgan fingerprint density at radius 2 is 2.23 bits per heavy atom. The highest BCUT2D eigenvalue weighted by molar-refractivity contribution is 9.10. The van der Waals surface area contributed by atoms with Gasteiger partial charge in [0.15, 0.2) is 0 Å². The zero-order valence-electron chi connectivity index (χ0n) is 6.57. The van der Waals surface area contributed by atoms with E-state index in [1.807, 2.05) is 0 Å². The van der Waals surface area contributed by atoms with Gasteiger partial charge in [0.05, 0.1) is 4.92 Å². The molecule has 0 bridgehead atoms. The lowest BCUT2D eigenvalue weighted by Gasteiger charge is -1.98. The van der Waals surface area contributed by atoms with E-state index < -0.39 is 4.92 Å². The second kappa shape index (κ2) is 4.13. The van der Waals surface area contributed by atoms with Gasteiger partial charge in [0, 0.05) is 22.5 Å². The number of nitro groups is 1. The van der Waals surface area contributed by atoms with Crippen LogP contribution in [0.25, 0.3) is 0 Å². The summed E-state index contributed by atoms with van der Waals surface area (Å²) in [5, 5.41) is 10.5. The van der Waals surface area contributed by atoms with Crippen LogP contribution in [0.15, 0.2) is 22.7 Å². The van der Waals surface area contributed by atoms with E-state index in [1.54, 1.807) is 12.1 Å². The van der Waals surface area contributed by atoms with E-state index in [0.717, 1.165) is 0 Å². The highest BCUT2D eigenvalue weighted by atomic mass is 79.9. The van der Waals surface area contributed by atoms with E-state index >= 15 is 0 Å². The lowest BCUT2D eigenvalue weighted by atomic mass is 10.1. The summed E-state index contributed by atoms with van der Waals surface area (Å²) in [5.74, 6) is 0. The van der Waals surface area contributed by atoms with Crippen molar-refractivity contribution in [3.8, 4) is 0 Å². The Hall–Kier alpha value is -1.23. The maximum atomic E-state index is 10.5. The van der Waals surface area contributed by atoms with Gasteiger partial charge in [-0.1, -0.05) is 22.0 Å². The number of halogens is 1. The average molecular weight is 244 g/mol. The highest BCUT2D eigenvalue weighted by Gasteiger charge is 2.12. The molecule has 0 atom stereocenters. The number of carbonyl (C=O) groups is 1. The van der Waals surface area contributed by atoms with Gasteiger partial charge in [0.25, 0.3) is 5.69 Å². The molecular weight excluding hydrogens is 238 g/mol. The molecule has 0 radical (unpaired) electrons. The van der Waals surface area contributed by atoms with Gasteiger partial charge >= 0.3 is 0 Å². The molecule has 0 spiro atoms. The number of rotatable bonds is 3. The lowest BCUT2D eigenvalue weighted by Crippen LogP contribution is -1.95. The van der Waals surface area contributed by atoms with Gasteiger partial charge in [0.2, 0.25) is 0 Å². The number of benzene rings is 1. The van der Waals surface area contributed by atoms with Gasteiger partial charge < -0.3 is 4.79 Å². The maximum Gasteiger partial charge on any atom is 0.274 e. The van der Waals surface area contributed by atoms with Crippen LogP contribution < -0.4 is 0 Å². The van der Waals surface area contributed by atoms with Crippen molar-refractivity contribution in [3.05, 3.63) is 38.3 Å². The van der Waals surface area contributed by atoms with Crippen molar-refractivity contribution in [3.63, 3.8) is 0 Å². The second-order valence-corrected chi connectivity index (χ2v) is 3.32. The number of nitro benzene ring substituents is 1. The maximum absolute atomic E-state index is 10.5. The molecule has 4 nitrogen and oxygen atoms in total. The monoisotopic (exact) mass is 243 g/mol. The van der Waals surface area contributed by atoms with Crippen molar-refractivity contribution < 1.29 is 9.72 Å². The van der Waals surface area contributed by atoms with Crippen molar-refractivity contribution >= 4 is 27.9 Å². The topological polar surface area (TPSA) is 60.2 Å². The molecule has 0 aliphatic carbocycles. The second-order valence-electron chi connectivity index (χ2n) is 2.40. The van der Waals surface area contributed by atoms with Crippen molar-refractivity contribution in [2.24, 2.45) is 0 Å². The molecule has 1 aromatic rings. The van der Waals surface area contributed by atoms with Crippen LogP contribution in [0.1, 0.15) is 5.56 Å². The Labute approximate surface area is 82.8 Å². The lowest BCUT2D eigenvalue weighted by molar-refractivity contribution is -0.385. The molecule has 0 aliphatic heterocycles. The summed E-state index contributed by atoms with van der Waals surface area (Å²) >= 11 is 3.12. The van der Waals surface area contributed by atoms with Crippen molar-refractivity contribution in [2.45, 2.75) is 6.42 Å². The largest absolute Gasteiger partial charge is 0.303 e. The molecule has 0 fully saturated rings. The van der Waals surface area contributed by atoms with Crippen LogP contribution in [0.2, 0.25) is 0 Å². The molecule has 0 heterocycles. The minimum absolute atomic E-state index is 0.0264. The van der Waals surface area contributed by atoms with E-state index in [0.29, 0.717) is 16.3 Å². The predicted octanol–water partition coefficient (Wildman–Crippen LogP) is 2.10. The Kier molecular flexibility index (Phi) is 3.13. The average Bonchev–Trinajstić information content (AvgIpc) is 2.08. The van der Waals surface area contributed by atoms with Crippen LogP contribution in [-0.2, 0) is 11.2 Å². The zero-order valence-corrected chi connectivity index (χ0v) is 8.15. The zero-order chi connectivity index (χ0) is 9.84. The first-order valence-corrected chi connectivity index (χ1v) is 4.31. The fraction of sp³-hybridized carbons (Fsp3) is 0.125. The number of hydrogen-bond acceptors (Lipinski definition) is 3. The Bertz CT molecular complexity index is 351. The Morgan fingerprint density at radius 3 is 2.77 bits per heavy atom. The van der Waals surface area contributed by atoms with Crippen LogP contribution in [0.3, 0.4) is 0 Å². The normalized spacial score (nSPS) is 9.62. The fourth-order valence-electron chi connectivity index (χ4n) is 0.969. The van der Waals surface area contributed by atoms with Gasteiger partial charge in [-0.05, 0) is 6.07 Å². The minimum Gasteiger partial charge on any atom is -0.303 e. The highest BCUT2D eigenvalue weighted by Crippen LogP contribution is 2.23. The minimum atomic E-state index is -0.496. The number of hydrogen-bond donors (Lipinski definition) is 0. The molecule has 0 aliphatic rings. The molecule has 5 heteroatoms. The van der Waals surface area contributed by atoms with Crippen LogP contribution in [0, 0.1) is 10.1 Å². The van der Waals surface area contributed by atoms with Crippen molar-refractivity contribution in [2.75, 3.05) is 0 Å². The number of carbonyl (C=O) groups excluding carboxylic acids is 1. The smallest absolute Gasteiger partial charge is 0.274 e. The van der Waals surface area contributed by atoms with E-state index in [-0.39, 0.29) is 12.1 Å². The van der Waals surface area contributed by atoms with Crippen LogP contribution in [-0.4, -0.2) is 11.2 Å². The quantitative estimate of drug-likeness (QED) is 0.464. The van der Waals surface area contributed by atoms with Gasteiger partial charge in [0.1, 0.15) is 6.29 Å². The van der Waals surface area contributed by atoms with E-state index in [9.17, 15) is 14.9 Å². The molecule has 0 saturated carbocycles. The Balaban J connectivity index is 3.17. The first kappa shape index (κ1) is 9.85. The van der Waals surface area contributed by atoms with Crippen LogP contribution >= 0.6 is 15.9 Å². The number of aldehydes is 1. The van der Waals surface area contributed by atoms with Crippen LogP contribution in [0.5, 0.6) is 0 Å². The molecular formula is C8H6BrNO3. The van der Waals surface area contributed by atoms with E-state index in [4.69, 9.17) is 0 Å². The summed E-state index contributed by atoms with van der Waals surface area (Å²) in [6.45, 7) is 0. The molecule has 0 N–H and O–H groups in total. The van der Waals surface area contributed by atoms with Gasteiger partial charge in [-0.3, -0.25) is 10.1 Å². The summed E-state index contributed by atoms with van der Waals surface area (Å²) in [6.07, 6.45) is 0.722. The van der Waals surface area contributed by atoms with Crippen molar-refractivity contribution in [1.82, 2.24) is 0 Å².